The lowest BCUT2D eigenvalue weighted by Crippen LogP contribution is -2.39. The van der Waals surface area contributed by atoms with E-state index in [0.717, 1.165) is 35.5 Å². The predicted molar refractivity (Wildman–Crippen MR) is 105 cm³/mol. The molecule has 1 aliphatic rings. The van der Waals surface area contributed by atoms with Crippen LogP contribution in [0.25, 0.3) is 0 Å². The van der Waals surface area contributed by atoms with Crippen LogP contribution in [0.15, 0.2) is 36.4 Å². The number of anilines is 2. The quantitative estimate of drug-likeness (QED) is 0.825. The lowest BCUT2D eigenvalue weighted by molar-refractivity contribution is -0.117. The Morgan fingerprint density at radius 1 is 1.31 bits per heavy atom. The highest BCUT2D eigenvalue weighted by molar-refractivity contribution is 6.32. The van der Waals surface area contributed by atoms with Gasteiger partial charge in [0, 0.05) is 12.2 Å². The van der Waals surface area contributed by atoms with Gasteiger partial charge in [-0.15, -0.1) is 0 Å². The van der Waals surface area contributed by atoms with Crippen LogP contribution >= 0.6 is 11.6 Å². The fourth-order valence-corrected chi connectivity index (χ4v) is 3.39. The lowest BCUT2D eigenvalue weighted by atomic mass is 10.0. The smallest absolute Gasteiger partial charge is 0.246 e. The molecule has 1 amide bonds. The summed E-state index contributed by atoms with van der Waals surface area (Å²) in [7, 11) is 1.65. The van der Waals surface area contributed by atoms with Crippen molar-refractivity contribution < 1.29 is 14.3 Å². The third-order valence-corrected chi connectivity index (χ3v) is 4.69. The first-order valence-electron chi connectivity index (χ1n) is 8.76. The SMILES string of the molecule is CCOc1c(Cl)cccc1NCC(=O)N1CCCc2cc(OC)ccc21. The molecular weight excluding hydrogens is 352 g/mol. The first-order chi connectivity index (χ1) is 12.6. The fourth-order valence-electron chi connectivity index (χ4n) is 3.16. The molecule has 3 rings (SSSR count). The molecule has 0 fully saturated rings. The molecule has 5 nitrogen and oxygen atoms in total. The highest BCUT2D eigenvalue weighted by Crippen LogP contribution is 2.33. The lowest BCUT2D eigenvalue weighted by Gasteiger charge is -2.30. The molecule has 26 heavy (non-hydrogen) atoms. The highest BCUT2D eigenvalue weighted by Gasteiger charge is 2.23. The molecule has 1 N–H and O–H groups in total. The average Bonchev–Trinajstić information content (AvgIpc) is 2.67. The summed E-state index contributed by atoms with van der Waals surface area (Å²) >= 11 is 6.20. The molecule has 0 unspecified atom stereocenters. The zero-order chi connectivity index (χ0) is 18.5. The summed E-state index contributed by atoms with van der Waals surface area (Å²) < 4.78 is 10.9. The van der Waals surface area contributed by atoms with E-state index >= 15 is 0 Å². The Morgan fingerprint density at radius 3 is 2.92 bits per heavy atom. The van der Waals surface area contributed by atoms with E-state index in [2.05, 4.69) is 5.32 Å². The minimum absolute atomic E-state index is 0.0125. The molecule has 2 aromatic rings. The second kappa shape index (κ2) is 8.32. The number of rotatable bonds is 6. The van der Waals surface area contributed by atoms with Gasteiger partial charge in [0.1, 0.15) is 5.75 Å². The topological polar surface area (TPSA) is 50.8 Å². The number of nitrogens with one attached hydrogen (secondary N) is 1. The van der Waals surface area contributed by atoms with E-state index in [1.54, 1.807) is 13.2 Å². The van der Waals surface area contributed by atoms with Crippen LogP contribution in [0.2, 0.25) is 5.02 Å². The van der Waals surface area contributed by atoms with Crippen molar-refractivity contribution in [3.63, 3.8) is 0 Å². The zero-order valence-corrected chi connectivity index (χ0v) is 15.8. The van der Waals surface area contributed by atoms with E-state index in [1.807, 2.05) is 42.2 Å². The number of ether oxygens (including phenoxy) is 2. The number of nitrogens with zero attached hydrogens (tertiary/aromatic N) is 1. The fraction of sp³-hybridized carbons (Fsp3) is 0.350. The Kier molecular flexibility index (Phi) is 5.89. The van der Waals surface area contributed by atoms with Crippen molar-refractivity contribution in [2.75, 3.05) is 37.0 Å². The number of carbonyl (C=O) groups is 1. The minimum Gasteiger partial charge on any atom is -0.497 e. The number of aryl methyl sites for hydroxylation is 1. The zero-order valence-electron chi connectivity index (χ0n) is 15.0. The van der Waals surface area contributed by atoms with Crippen molar-refractivity contribution in [2.24, 2.45) is 0 Å². The number of para-hydroxylation sites is 1. The monoisotopic (exact) mass is 374 g/mol. The number of halogens is 1. The second-order valence-electron chi connectivity index (χ2n) is 6.05. The third-order valence-electron chi connectivity index (χ3n) is 4.39. The van der Waals surface area contributed by atoms with Crippen molar-refractivity contribution in [1.82, 2.24) is 0 Å². The molecule has 0 saturated carbocycles. The molecule has 1 aliphatic heterocycles. The number of methoxy groups -OCH3 is 1. The third kappa shape index (κ3) is 3.88. The minimum atomic E-state index is 0.0125. The van der Waals surface area contributed by atoms with Gasteiger partial charge in [-0.25, -0.2) is 0 Å². The van der Waals surface area contributed by atoms with E-state index < -0.39 is 0 Å². The van der Waals surface area contributed by atoms with Crippen LogP contribution in [0.3, 0.4) is 0 Å². The Balaban J connectivity index is 1.73. The number of amides is 1. The Morgan fingerprint density at radius 2 is 2.15 bits per heavy atom. The molecular formula is C20H23ClN2O3. The van der Waals surface area contributed by atoms with Crippen LogP contribution in [0, 0.1) is 0 Å². The molecule has 0 aromatic heterocycles. The predicted octanol–water partition coefficient (Wildman–Crippen LogP) is 4.14. The Hall–Kier alpha value is -2.40. The van der Waals surface area contributed by atoms with Crippen molar-refractivity contribution in [1.29, 1.82) is 0 Å². The Bertz CT molecular complexity index is 795. The van der Waals surface area contributed by atoms with Crippen LogP contribution < -0.4 is 19.7 Å². The molecule has 0 saturated heterocycles. The number of hydrogen-bond donors (Lipinski definition) is 1. The molecule has 0 atom stereocenters. The summed E-state index contributed by atoms with van der Waals surface area (Å²) in [5.74, 6) is 1.41. The van der Waals surface area contributed by atoms with Crippen LogP contribution in [0.1, 0.15) is 18.9 Å². The van der Waals surface area contributed by atoms with Crippen molar-refractivity contribution >= 4 is 28.9 Å². The molecule has 0 radical (unpaired) electrons. The first kappa shape index (κ1) is 18.4. The van der Waals surface area contributed by atoms with Crippen LogP contribution in [0.4, 0.5) is 11.4 Å². The molecule has 1 heterocycles. The van der Waals surface area contributed by atoms with Crippen molar-refractivity contribution in [3.8, 4) is 11.5 Å². The number of fused-ring (bicyclic) bond motifs is 1. The number of hydrogen-bond acceptors (Lipinski definition) is 4. The van der Waals surface area contributed by atoms with Gasteiger partial charge in [0.15, 0.2) is 5.75 Å². The standard InChI is InChI=1S/C20H23ClN2O3/c1-3-26-20-16(21)7-4-8-17(20)22-13-19(24)23-11-5-6-14-12-15(25-2)9-10-18(14)23/h4,7-10,12,22H,3,5-6,11,13H2,1-2H3. The second-order valence-corrected chi connectivity index (χ2v) is 6.45. The summed E-state index contributed by atoms with van der Waals surface area (Å²) in [6, 6.07) is 11.3. The van der Waals surface area contributed by atoms with E-state index in [4.69, 9.17) is 21.1 Å². The van der Waals surface area contributed by atoms with Gasteiger partial charge in [-0.2, -0.15) is 0 Å². The maximum atomic E-state index is 12.8. The van der Waals surface area contributed by atoms with Gasteiger partial charge in [0.2, 0.25) is 5.91 Å². The molecule has 0 aliphatic carbocycles. The molecule has 138 valence electrons. The van der Waals surface area contributed by atoms with Gasteiger partial charge >= 0.3 is 0 Å². The largest absolute Gasteiger partial charge is 0.497 e. The van der Waals surface area contributed by atoms with Gasteiger partial charge in [0.05, 0.1) is 31.0 Å². The normalized spacial score (nSPS) is 13.1. The van der Waals surface area contributed by atoms with Gasteiger partial charge in [-0.1, -0.05) is 17.7 Å². The van der Waals surface area contributed by atoms with Gasteiger partial charge in [-0.05, 0) is 55.7 Å². The summed E-state index contributed by atoms with van der Waals surface area (Å²) in [6.07, 6.45) is 1.89. The van der Waals surface area contributed by atoms with Crippen molar-refractivity contribution in [3.05, 3.63) is 47.0 Å². The molecule has 0 spiro atoms. The van der Waals surface area contributed by atoms with Gasteiger partial charge in [-0.3, -0.25) is 4.79 Å². The highest BCUT2D eigenvalue weighted by atomic mass is 35.5. The van der Waals surface area contributed by atoms with E-state index in [1.165, 1.54) is 0 Å². The number of benzene rings is 2. The molecule has 2 aromatic carbocycles. The molecule has 0 bridgehead atoms. The number of carbonyl (C=O) groups excluding carboxylic acids is 1. The van der Waals surface area contributed by atoms with Gasteiger partial charge in [0.25, 0.3) is 0 Å². The first-order valence-corrected chi connectivity index (χ1v) is 9.14. The van der Waals surface area contributed by atoms with Crippen LogP contribution in [-0.4, -0.2) is 32.7 Å². The Labute approximate surface area is 158 Å². The summed E-state index contributed by atoms with van der Waals surface area (Å²) in [4.78, 5) is 14.6. The summed E-state index contributed by atoms with van der Waals surface area (Å²) in [6.45, 7) is 3.30. The molecule has 6 heteroatoms. The summed E-state index contributed by atoms with van der Waals surface area (Å²) in [5.41, 5.74) is 2.82. The van der Waals surface area contributed by atoms with E-state index in [-0.39, 0.29) is 12.5 Å². The van der Waals surface area contributed by atoms with Crippen molar-refractivity contribution in [2.45, 2.75) is 19.8 Å². The average molecular weight is 375 g/mol. The van der Waals surface area contributed by atoms with Crippen LogP contribution in [-0.2, 0) is 11.2 Å². The van der Waals surface area contributed by atoms with Gasteiger partial charge < -0.3 is 19.7 Å². The maximum Gasteiger partial charge on any atom is 0.246 e. The van der Waals surface area contributed by atoms with E-state index in [9.17, 15) is 4.79 Å². The summed E-state index contributed by atoms with van der Waals surface area (Å²) in [5, 5.41) is 3.69. The maximum absolute atomic E-state index is 12.8. The van der Waals surface area contributed by atoms with Crippen LogP contribution in [0.5, 0.6) is 11.5 Å². The van der Waals surface area contributed by atoms with E-state index in [0.29, 0.717) is 23.9 Å².